The van der Waals surface area contributed by atoms with Gasteiger partial charge in [0.15, 0.2) is 0 Å². The Morgan fingerprint density at radius 2 is 0.857 bits per heavy atom. The van der Waals surface area contributed by atoms with Gasteiger partial charge in [-0.25, -0.2) is 0 Å². The molecule has 1 radical (unpaired) electrons. The van der Waals surface area contributed by atoms with Gasteiger partial charge in [-0.2, -0.15) is 0 Å². The molecule has 0 rings (SSSR count). The van der Waals surface area contributed by atoms with Crippen molar-refractivity contribution in [2.75, 3.05) is 0 Å². The van der Waals surface area contributed by atoms with Crippen molar-refractivity contribution in [1.82, 2.24) is 0 Å². The van der Waals surface area contributed by atoms with E-state index in [1.807, 2.05) is 0 Å². The van der Waals surface area contributed by atoms with Gasteiger partial charge in [-0.05, 0) is 0 Å². The van der Waals surface area contributed by atoms with Crippen molar-refractivity contribution in [3.63, 3.8) is 0 Å². The standard InChI is InChI=1S/4FH.Na.Y.Yb.H/h4*1H;;;;/q;;;;;;+4;/p-4. The molecule has 0 aliphatic rings. The molecule has 0 unspecified atom stereocenters. The molecular weight excluding hydrogens is 361 g/mol. The van der Waals surface area contributed by atoms with Crippen LogP contribution in [0.5, 0.6) is 0 Å². The first kappa shape index (κ1) is 16.7. The topological polar surface area (TPSA) is 0 Å². The Labute approximate surface area is 102 Å². The first-order valence-electron chi connectivity index (χ1n) is 0.404. The summed E-state index contributed by atoms with van der Waals surface area (Å²) in [4.78, 5) is 0. The normalized spacial score (nSPS) is 10.9. The molecule has 0 aromatic heterocycles. The Kier molecular flexibility index (Phi) is 17.8. The maximum atomic E-state index is 9.84. The third kappa shape index (κ3) is 45.1. The van der Waals surface area contributed by atoms with E-state index in [1.165, 1.54) is 0 Å². The first-order valence-corrected chi connectivity index (χ1v) is 3.00. The zero-order chi connectivity index (χ0) is 4.50. The van der Waals surface area contributed by atoms with Crippen molar-refractivity contribution in [2.24, 2.45) is 0 Å². The Bertz CT molecular complexity index is 27.2. The van der Waals surface area contributed by atoms with Gasteiger partial charge in [-0.15, -0.1) is 0 Å². The number of hydrogen-bond donors (Lipinski definition) is 0. The minimum atomic E-state index is -6.72. The molecule has 0 spiro atoms. The van der Waals surface area contributed by atoms with Gasteiger partial charge < -0.3 is 0 Å². The van der Waals surface area contributed by atoms with Crippen LogP contribution in [0, 0.1) is 41.4 Å². The summed E-state index contributed by atoms with van der Waals surface area (Å²) < 4.78 is 39.4. The summed E-state index contributed by atoms with van der Waals surface area (Å²) in [6.07, 6.45) is 0. The summed E-state index contributed by atoms with van der Waals surface area (Å²) in [5.41, 5.74) is 0. The monoisotopic (exact) mass is 363 g/mol. The van der Waals surface area contributed by atoms with E-state index >= 15 is 0 Å². The SMILES string of the molecule is [F][Yb]([F])([F])[F].[NaH].[Y]. The van der Waals surface area contributed by atoms with Gasteiger partial charge in [0.1, 0.15) is 0 Å². The smallest absolute Gasteiger partial charge is 0 e. The van der Waals surface area contributed by atoms with Crippen molar-refractivity contribution in [3.8, 4) is 0 Å². The van der Waals surface area contributed by atoms with Gasteiger partial charge in [-0.1, -0.05) is 0 Å². The minimum absolute atomic E-state index is 0. The van der Waals surface area contributed by atoms with E-state index in [1.54, 1.807) is 0 Å². The molecule has 47 valence electrons. The molecule has 0 aromatic rings. The maximum Gasteiger partial charge on any atom is 0 e. The van der Waals surface area contributed by atoms with Crippen LogP contribution in [0.3, 0.4) is 0 Å². The van der Waals surface area contributed by atoms with Crippen LogP contribution >= 0.6 is 0 Å². The fourth-order valence-electron chi connectivity index (χ4n) is 0. The van der Waals surface area contributed by atoms with Crippen molar-refractivity contribution >= 4 is 29.6 Å². The second kappa shape index (κ2) is 7.45. The Morgan fingerprint density at radius 1 is 0.857 bits per heavy atom. The zero-order valence-electron chi connectivity index (χ0n) is 2.36. The summed E-state index contributed by atoms with van der Waals surface area (Å²) in [7, 11) is 0. The fraction of sp³-hybridized carbons (Fsp3) is 0. The van der Waals surface area contributed by atoms with Crippen LogP contribution in [-0.2, 0) is 32.7 Å². The molecular formula is HF4NaYYb. The van der Waals surface area contributed by atoms with E-state index in [0.29, 0.717) is 0 Å². The van der Waals surface area contributed by atoms with E-state index in [-0.39, 0.29) is 62.3 Å². The maximum absolute atomic E-state index is 9.84. The Hall–Kier alpha value is 3.34. The van der Waals surface area contributed by atoms with Crippen LogP contribution in [0.15, 0.2) is 0 Å². The Morgan fingerprint density at radius 3 is 0.857 bits per heavy atom. The van der Waals surface area contributed by atoms with Crippen LogP contribution in [0.4, 0.5) is 1.25 Å². The molecule has 0 bridgehead atoms. The van der Waals surface area contributed by atoms with Crippen molar-refractivity contribution < 1.29 is 75.3 Å². The molecule has 0 aliphatic carbocycles. The van der Waals surface area contributed by atoms with Crippen LogP contribution in [-0.4, -0.2) is 29.6 Å². The van der Waals surface area contributed by atoms with E-state index in [0.717, 1.165) is 0 Å². The average molecular weight is 362 g/mol. The third-order valence-electron chi connectivity index (χ3n) is 0. The Balaban J connectivity index is -0.0000000800. The van der Waals surface area contributed by atoms with E-state index in [4.69, 9.17) is 0 Å². The second-order valence-corrected chi connectivity index (χ2v) is 1.70. The molecule has 7 heteroatoms. The van der Waals surface area contributed by atoms with E-state index in [9.17, 15) is 1.25 Å². The summed E-state index contributed by atoms with van der Waals surface area (Å²) in [5, 5.41) is 0. The molecule has 0 saturated heterocycles. The summed E-state index contributed by atoms with van der Waals surface area (Å²) in [6, 6.07) is 0. The van der Waals surface area contributed by atoms with Gasteiger partial charge in [0.25, 0.3) is 0 Å². The molecule has 0 amide bonds. The van der Waals surface area contributed by atoms with E-state index < -0.39 is 41.4 Å². The van der Waals surface area contributed by atoms with Crippen molar-refractivity contribution in [3.05, 3.63) is 0 Å². The number of hydrogen-bond acceptors (Lipinski definition) is 0. The van der Waals surface area contributed by atoms with E-state index in [2.05, 4.69) is 0 Å². The number of rotatable bonds is 0. The van der Waals surface area contributed by atoms with Crippen LogP contribution in [0.2, 0.25) is 0 Å². The van der Waals surface area contributed by atoms with Crippen molar-refractivity contribution in [2.45, 2.75) is 0 Å². The fourth-order valence-corrected chi connectivity index (χ4v) is 0. The summed E-state index contributed by atoms with van der Waals surface area (Å²) >= 11 is -6.72. The largest absolute Gasteiger partial charge is 0 e. The van der Waals surface area contributed by atoms with Crippen LogP contribution in [0.25, 0.3) is 0 Å². The second-order valence-electron chi connectivity index (χ2n) is 0.229. The molecule has 0 aliphatic heterocycles. The summed E-state index contributed by atoms with van der Waals surface area (Å²) in [5.74, 6) is 0. The molecule has 0 heterocycles. The zero-order valence-corrected chi connectivity index (χ0v) is 6.91. The predicted molar refractivity (Wildman–Crippen MR) is 11.6 cm³/mol. The molecule has 7 heavy (non-hydrogen) atoms. The molecule has 0 aromatic carbocycles. The van der Waals surface area contributed by atoms with Gasteiger partial charge in [0.2, 0.25) is 0 Å². The van der Waals surface area contributed by atoms with Crippen LogP contribution in [0.1, 0.15) is 0 Å². The minimum Gasteiger partial charge on any atom is 0 e. The molecule has 0 N–H and O–H groups in total. The number of halogens is 4. The van der Waals surface area contributed by atoms with Crippen molar-refractivity contribution in [1.29, 1.82) is 0 Å². The molecule has 0 nitrogen and oxygen atoms in total. The van der Waals surface area contributed by atoms with Gasteiger partial charge in [0, 0.05) is 32.7 Å². The third-order valence-corrected chi connectivity index (χ3v) is 0. The average Bonchev–Trinajstić information content (AvgIpc) is 0.722. The quantitative estimate of drug-likeness (QED) is 0.446. The van der Waals surface area contributed by atoms with Gasteiger partial charge >= 0.3 is 72.2 Å². The molecule has 0 fully saturated rings. The van der Waals surface area contributed by atoms with Crippen LogP contribution < -0.4 is 0 Å². The molecule has 0 atom stereocenters. The molecule has 0 saturated carbocycles. The van der Waals surface area contributed by atoms with Gasteiger partial charge in [-0.3, -0.25) is 0 Å². The van der Waals surface area contributed by atoms with Gasteiger partial charge in [0.05, 0.1) is 0 Å². The first-order chi connectivity index (χ1) is 2.00. The predicted octanol–water partition coefficient (Wildman–Crippen LogP) is 1.03. The summed E-state index contributed by atoms with van der Waals surface area (Å²) in [6.45, 7) is 0.